The van der Waals surface area contributed by atoms with E-state index in [0.29, 0.717) is 11.3 Å². The van der Waals surface area contributed by atoms with E-state index >= 15 is 0 Å². The van der Waals surface area contributed by atoms with Gasteiger partial charge < -0.3 is 9.47 Å². The van der Waals surface area contributed by atoms with E-state index in [-0.39, 0.29) is 18.0 Å². The van der Waals surface area contributed by atoms with Crippen molar-refractivity contribution in [2.24, 2.45) is 0 Å². The van der Waals surface area contributed by atoms with Gasteiger partial charge in [0.1, 0.15) is 0 Å². The number of fused-ring (bicyclic) bond motifs is 1. The van der Waals surface area contributed by atoms with Crippen molar-refractivity contribution < 1.29 is 14.3 Å². The van der Waals surface area contributed by atoms with Crippen LogP contribution in [0.4, 0.5) is 0 Å². The van der Waals surface area contributed by atoms with E-state index in [1.165, 1.54) is 0 Å². The average molecular weight is 220 g/mol. The lowest BCUT2D eigenvalue weighted by molar-refractivity contribution is 0.101. The molecule has 0 aliphatic carbocycles. The van der Waals surface area contributed by atoms with Crippen LogP contribution in [0, 0.1) is 0 Å². The van der Waals surface area contributed by atoms with E-state index in [2.05, 4.69) is 0 Å². The Morgan fingerprint density at radius 3 is 2.44 bits per heavy atom. The normalized spacial score (nSPS) is 23.7. The number of rotatable bonds is 1. The molecule has 0 aromatic heterocycles. The molecule has 0 fully saturated rings. The first-order valence-electron chi connectivity index (χ1n) is 5.54. The van der Waals surface area contributed by atoms with Crippen LogP contribution >= 0.6 is 0 Å². The van der Waals surface area contributed by atoms with E-state index in [4.69, 9.17) is 9.47 Å². The van der Waals surface area contributed by atoms with Gasteiger partial charge in [0.2, 0.25) is 0 Å². The third kappa shape index (κ3) is 2.18. The quantitative estimate of drug-likeness (QED) is 0.683. The molecule has 0 saturated heterocycles. The molecule has 0 radical (unpaired) electrons. The Bertz CT molecular complexity index is 412. The van der Waals surface area contributed by atoms with E-state index in [0.717, 1.165) is 12.2 Å². The van der Waals surface area contributed by atoms with Gasteiger partial charge in [-0.15, -0.1) is 0 Å². The summed E-state index contributed by atoms with van der Waals surface area (Å²) >= 11 is 0. The maximum Gasteiger partial charge on any atom is 0.162 e. The molecule has 0 bridgehead atoms. The second-order valence-corrected chi connectivity index (χ2v) is 4.31. The van der Waals surface area contributed by atoms with Crippen LogP contribution in [-0.2, 0) is 0 Å². The summed E-state index contributed by atoms with van der Waals surface area (Å²) in [6.45, 7) is 5.58. The predicted molar refractivity (Wildman–Crippen MR) is 61.2 cm³/mol. The van der Waals surface area contributed by atoms with Crippen molar-refractivity contribution in [3.63, 3.8) is 0 Å². The molecular formula is C13H16O3. The molecule has 16 heavy (non-hydrogen) atoms. The minimum absolute atomic E-state index is 0.0383. The summed E-state index contributed by atoms with van der Waals surface area (Å²) in [6.07, 6.45) is 1.10. The first kappa shape index (κ1) is 11.0. The standard InChI is InChI=1S/C13H16O3/c1-8-6-9(2)16-13-7-11(10(3)14)4-5-12(13)15-8/h4-5,7-9H,6H2,1-3H3. The topological polar surface area (TPSA) is 35.5 Å². The van der Waals surface area contributed by atoms with Gasteiger partial charge >= 0.3 is 0 Å². The lowest BCUT2D eigenvalue weighted by atomic mass is 10.1. The molecule has 86 valence electrons. The third-order valence-corrected chi connectivity index (χ3v) is 2.67. The number of benzene rings is 1. The zero-order chi connectivity index (χ0) is 11.7. The van der Waals surface area contributed by atoms with Crippen LogP contribution in [0.2, 0.25) is 0 Å². The Morgan fingerprint density at radius 1 is 1.19 bits per heavy atom. The number of Topliss-reactive ketones (excluding diaryl/α,β-unsaturated/α-hetero) is 1. The number of hydrogen-bond acceptors (Lipinski definition) is 3. The van der Waals surface area contributed by atoms with Crippen molar-refractivity contribution in [2.45, 2.75) is 39.4 Å². The molecule has 1 heterocycles. The van der Waals surface area contributed by atoms with E-state index in [1.54, 1.807) is 25.1 Å². The van der Waals surface area contributed by atoms with Gasteiger partial charge in [-0.1, -0.05) is 0 Å². The van der Waals surface area contributed by atoms with Crippen LogP contribution < -0.4 is 9.47 Å². The fourth-order valence-electron chi connectivity index (χ4n) is 1.91. The summed E-state index contributed by atoms with van der Waals surface area (Å²) in [5, 5.41) is 0. The molecule has 2 rings (SSSR count). The average Bonchev–Trinajstić information content (AvgIpc) is 2.32. The molecule has 1 aromatic carbocycles. The fourth-order valence-corrected chi connectivity index (χ4v) is 1.91. The lowest BCUT2D eigenvalue weighted by Crippen LogP contribution is -2.18. The summed E-state index contributed by atoms with van der Waals surface area (Å²) in [6, 6.07) is 5.33. The zero-order valence-electron chi connectivity index (χ0n) is 9.82. The third-order valence-electron chi connectivity index (χ3n) is 2.67. The number of carbonyl (C=O) groups excluding carboxylic acids is 1. The smallest absolute Gasteiger partial charge is 0.162 e. The molecule has 0 spiro atoms. The molecule has 1 aromatic rings. The number of hydrogen-bond donors (Lipinski definition) is 0. The van der Waals surface area contributed by atoms with Gasteiger partial charge in [0.15, 0.2) is 17.3 Å². The number of ether oxygens (including phenoxy) is 2. The minimum Gasteiger partial charge on any atom is -0.487 e. The van der Waals surface area contributed by atoms with Gasteiger partial charge in [0, 0.05) is 12.0 Å². The molecule has 3 nitrogen and oxygen atoms in total. The maximum atomic E-state index is 11.3. The largest absolute Gasteiger partial charge is 0.487 e. The SMILES string of the molecule is CC(=O)c1ccc2c(c1)OC(C)CC(C)O2. The Hall–Kier alpha value is -1.51. The van der Waals surface area contributed by atoms with Crippen molar-refractivity contribution in [3.8, 4) is 11.5 Å². The fraction of sp³-hybridized carbons (Fsp3) is 0.462. The second kappa shape index (κ2) is 4.16. The Kier molecular flexibility index (Phi) is 2.86. The molecule has 2 unspecified atom stereocenters. The van der Waals surface area contributed by atoms with Crippen molar-refractivity contribution in [1.82, 2.24) is 0 Å². The molecule has 1 aliphatic rings. The summed E-state index contributed by atoms with van der Waals surface area (Å²) < 4.78 is 11.5. The molecule has 0 N–H and O–H groups in total. The van der Waals surface area contributed by atoms with Gasteiger partial charge in [-0.25, -0.2) is 0 Å². The summed E-state index contributed by atoms with van der Waals surface area (Å²) in [7, 11) is 0. The van der Waals surface area contributed by atoms with Gasteiger partial charge in [-0.05, 0) is 39.0 Å². The van der Waals surface area contributed by atoms with E-state index < -0.39 is 0 Å². The molecule has 0 saturated carbocycles. The maximum absolute atomic E-state index is 11.3. The molecule has 0 amide bonds. The second-order valence-electron chi connectivity index (χ2n) is 4.31. The summed E-state index contributed by atoms with van der Waals surface area (Å²) in [4.78, 5) is 11.3. The highest BCUT2D eigenvalue weighted by molar-refractivity contribution is 5.94. The van der Waals surface area contributed by atoms with Gasteiger partial charge in [-0.3, -0.25) is 4.79 Å². The van der Waals surface area contributed by atoms with Crippen LogP contribution in [0.1, 0.15) is 37.6 Å². The van der Waals surface area contributed by atoms with Gasteiger partial charge in [-0.2, -0.15) is 0 Å². The zero-order valence-corrected chi connectivity index (χ0v) is 9.82. The Balaban J connectivity index is 2.38. The van der Waals surface area contributed by atoms with Crippen LogP contribution in [-0.4, -0.2) is 18.0 Å². The number of carbonyl (C=O) groups is 1. The van der Waals surface area contributed by atoms with Crippen molar-refractivity contribution >= 4 is 5.78 Å². The van der Waals surface area contributed by atoms with Crippen LogP contribution in [0.3, 0.4) is 0 Å². The molecular weight excluding hydrogens is 204 g/mol. The highest BCUT2D eigenvalue weighted by atomic mass is 16.5. The highest BCUT2D eigenvalue weighted by Gasteiger charge is 2.20. The van der Waals surface area contributed by atoms with Crippen molar-refractivity contribution in [3.05, 3.63) is 23.8 Å². The molecule has 1 aliphatic heterocycles. The first-order valence-corrected chi connectivity index (χ1v) is 5.54. The Morgan fingerprint density at radius 2 is 1.81 bits per heavy atom. The van der Waals surface area contributed by atoms with Crippen LogP contribution in [0.5, 0.6) is 11.5 Å². The van der Waals surface area contributed by atoms with E-state index in [1.807, 2.05) is 13.8 Å². The van der Waals surface area contributed by atoms with Crippen LogP contribution in [0.25, 0.3) is 0 Å². The Labute approximate surface area is 95.4 Å². The van der Waals surface area contributed by atoms with Crippen molar-refractivity contribution in [1.29, 1.82) is 0 Å². The monoisotopic (exact) mass is 220 g/mol. The lowest BCUT2D eigenvalue weighted by Gasteiger charge is -2.11. The summed E-state index contributed by atoms with van der Waals surface area (Å²) in [5.74, 6) is 1.43. The minimum atomic E-state index is 0.0383. The predicted octanol–water partition coefficient (Wildman–Crippen LogP) is 2.83. The summed E-state index contributed by atoms with van der Waals surface area (Å²) in [5.41, 5.74) is 0.657. The van der Waals surface area contributed by atoms with E-state index in [9.17, 15) is 4.79 Å². The van der Waals surface area contributed by atoms with Crippen molar-refractivity contribution in [2.75, 3.05) is 0 Å². The van der Waals surface area contributed by atoms with Gasteiger partial charge in [0.05, 0.1) is 12.2 Å². The number of ketones is 1. The molecule has 2 atom stereocenters. The van der Waals surface area contributed by atoms with Gasteiger partial charge in [0.25, 0.3) is 0 Å². The first-order chi connectivity index (χ1) is 7.56. The van der Waals surface area contributed by atoms with Crippen LogP contribution in [0.15, 0.2) is 18.2 Å². The molecule has 3 heteroatoms. The highest BCUT2D eigenvalue weighted by Crippen LogP contribution is 2.33.